The number of methoxy groups -OCH3 is 2. The van der Waals surface area contributed by atoms with Gasteiger partial charge in [-0.2, -0.15) is 0 Å². The summed E-state index contributed by atoms with van der Waals surface area (Å²) in [7, 11) is 3.14. The van der Waals surface area contributed by atoms with Crippen molar-refractivity contribution in [2.24, 2.45) is 4.99 Å². The van der Waals surface area contributed by atoms with E-state index in [4.69, 9.17) is 28.7 Å². The van der Waals surface area contributed by atoms with Crippen LogP contribution in [0.1, 0.15) is 29.7 Å². The van der Waals surface area contributed by atoms with Crippen LogP contribution in [0, 0.1) is 0 Å². The molecule has 0 N–H and O–H groups in total. The third-order valence-electron chi connectivity index (χ3n) is 6.81. The first kappa shape index (κ1) is 26.4. The number of carbonyl (C=O) groups excluding carboxylic acids is 1. The number of aromatic nitrogens is 1. The molecule has 0 aliphatic carbocycles. The van der Waals surface area contributed by atoms with Crippen LogP contribution in [-0.4, -0.2) is 38.2 Å². The minimum absolute atomic E-state index is 0.0970. The fourth-order valence-electron chi connectivity index (χ4n) is 4.93. The second kappa shape index (κ2) is 11.0. The molecule has 0 spiro atoms. The van der Waals surface area contributed by atoms with Gasteiger partial charge in [0.15, 0.2) is 16.3 Å². The normalized spacial score (nSPS) is 15.8. The maximum Gasteiger partial charge on any atom is 0.338 e. The smallest absolute Gasteiger partial charge is 0.338 e. The van der Waals surface area contributed by atoms with Gasteiger partial charge >= 0.3 is 5.97 Å². The Morgan fingerprint density at radius 2 is 1.85 bits per heavy atom. The lowest BCUT2D eigenvalue weighted by atomic mass is 9.93. The first-order valence-electron chi connectivity index (χ1n) is 12.9. The molecule has 3 aromatic carbocycles. The predicted molar refractivity (Wildman–Crippen MR) is 153 cm³/mol. The topological polar surface area (TPSA) is 97.6 Å². The fraction of sp³-hybridized carbons (Fsp3) is 0.194. The lowest BCUT2D eigenvalue weighted by molar-refractivity contribution is -0.138. The van der Waals surface area contributed by atoms with E-state index in [1.54, 1.807) is 62.1 Å². The van der Waals surface area contributed by atoms with E-state index in [0.717, 1.165) is 5.56 Å². The number of thiazole rings is 1. The highest BCUT2D eigenvalue weighted by molar-refractivity contribution is 7.07. The molecular formula is C31H26N2O7S. The Balaban J connectivity index is 1.65. The lowest BCUT2D eigenvalue weighted by Gasteiger charge is -2.26. The van der Waals surface area contributed by atoms with E-state index in [-0.39, 0.29) is 24.5 Å². The summed E-state index contributed by atoms with van der Waals surface area (Å²) >= 11 is 1.23. The Kier molecular flexibility index (Phi) is 7.07. The number of hydrogen-bond donors (Lipinski definition) is 0. The SMILES string of the molecule is CCOC(=O)C1=C(c2ccccc2)N=c2s/c(=C\c3cc(OC)ccc3OC)c(=O)n2C1c1ccc2c(c1)OCO2. The molecule has 0 fully saturated rings. The summed E-state index contributed by atoms with van der Waals surface area (Å²) in [6, 6.07) is 19.3. The van der Waals surface area contributed by atoms with Gasteiger partial charge in [0.2, 0.25) is 6.79 Å². The lowest BCUT2D eigenvalue weighted by Crippen LogP contribution is -2.40. The van der Waals surface area contributed by atoms with Crippen molar-refractivity contribution in [1.82, 2.24) is 4.57 Å². The minimum atomic E-state index is -0.829. The Morgan fingerprint density at radius 1 is 1.05 bits per heavy atom. The summed E-state index contributed by atoms with van der Waals surface area (Å²) in [6.45, 7) is 2.01. The molecular weight excluding hydrogens is 544 g/mol. The Morgan fingerprint density at radius 3 is 2.61 bits per heavy atom. The van der Waals surface area contributed by atoms with Crippen LogP contribution in [0.3, 0.4) is 0 Å². The summed E-state index contributed by atoms with van der Waals surface area (Å²) in [4.78, 5) is 33.1. The maximum absolute atomic E-state index is 14.1. The summed E-state index contributed by atoms with van der Waals surface area (Å²) in [5.74, 6) is 1.78. The average molecular weight is 571 g/mol. The van der Waals surface area contributed by atoms with E-state index in [0.29, 0.717) is 49.2 Å². The van der Waals surface area contributed by atoms with Crippen LogP contribution in [-0.2, 0) is 9.53 Å². The summed E-state index contributed by atoms with van der Waals surface area (Å²) < 4.78 is 29.6. The molecule has 9 nitrogen and oxygen atoms in total. The molecule has 0 saturated heterocycles. The van der Waals surface area contributed by atoms with Gasteiger partial charge in [-0.3, -0.25) is 9.36 Å². The monoisotopic (exact) mass is 570 g/mol. The largest absolute Gasteiger partial charge is 0.497 e. The number of carbonyl (C=O) groups is 1. The Bertz CT molecular complexity index is 1860. The summed E-state index contributed by atoms with van der Waals surface area (Å²) in [5, 5.41) is 0. The van der Waals surface area contributed by atoms with E-state index >= 15 is 0 Å². The molecule has 0 amide bonds. The van der Waals surface area contributed by atoms with Crippen LogP contribution in [0.15, 0.2) is 82.1 Å². The van der Waals surface area contributed by atoms with Crippen molar-refractivity contribution in [3.63, 3.8) is 0 Å². The molecule has 208 valence electrons. The number of nitrogens with zero attached hydrogens (tertiary/aromatic N) is 2. The zero-order valence-corrected chi connectivity index (χ0v) is 23.4. The molecule has 10 heteroatoms. The molecule has 1 unspecified atom stereocenters. The van der Waals surface area contributed by atoms with Gasteiger partial charge in [0.25, 0.3) is 5.56 Å². The van der Waals surface area contributed by atoms with Gasteiger partial charge in [-0.15, -0.1) is 0 Å². The van der Waals surface area contributed by atoms with Gasteiger partial charge in [-0.1, -0.05) is 47.7 Å². The van der Waals surface area contributed by atoms with Gasteiger partial charge in [0, 0.05) is 11.1 Å². The van der Waals surface area contributed by atoms with E-state index < -0.39 is 12.0 Å². The zero-order valence-electron chi connectivity index (χ0n) is 22.6. The minimum Gasteiger partial charge on any atom is -0.497 e. The van der Waals surface area contributed by atoms with Crippen molar-refractivity contribution >= 4 is 29.1 Å². The summed E-state index contributed by atoms with van der Waals surface area (Å²) in [5.41, 5.74) is 2.45. The van der Waals surface area contributed by atoms with Gasteiger partial charge in [0.05, 0.1) is 42.7 Å². The van der Waals surface area contributed by atoms with Gasteiger partial charge in [-0.25, -0.2) is 9.79 Å². The van der Waals surface area contributed by atoms with E-state index in [1.807, 2.05) is 36.4 Å². The van der Waals surface area contributed by atoms with Gasteiger partial charge in [0.1, 0.15) is 11.5 Å². The number of esters is 1. The van der Waals surface area contributed by atoms with Crippen molar-refractivity contribution in [2.75, 3.05) is 27.6 Å². The van der Waals surface area contributed by atoms with Crippen LogP contribution in [0.25, 0.3) is 11.8 Å². The van der Waals surface area contributed by atoms with Crippen molar-refractivity contribution < 1.29 is 28.5 Å². The zero-order chi connectivity index (χ0) is 28.5. The summed E-state index contributed by atoms with van der Waals surface area (Å²) in [6.07, 6.45) is 1.75. The molecule has 4 aromatic rings. The first-order chi connectivity index (χ1) is 20.0. The molecule has 0 saturated carbocycles. The van der Waals surface area contributed by atoms with Crippen molar-refractivity contribution in [3.8, 4) is 23.0 Å². The molecule has 0 bridgehead atoms. The number of rotatable bonds is 7. The van der Waals surface area contributed by atoms with Crippen LogP contribution >= 0.6 is 11.3 Å². The highest BCUT2D eigenvalue weighted by Gasteiger charge is 2.36. The standard InChI is InChI=1S/C31H26N2O7S/c1-4-38-30(35)26-27(18-8-6-5-7-9-18)32-31-33(28(26)19-10-12-23-24(15-19)40-17-39-23)29(34)25(41-31)16-20-14-21(36-2)11-13-22(20)37-3/h5-16,28H,4,17H2,1-3H3/b25-16-. The third kappa shape index (κ3) is 4.76. The second-order valence-corrected chi connectivity index (χ2v) is 10.2. The quantitative estimate of drug-likeness (QED) is 0.313. The molecule has 6 rings (SSSR count). The molecule has 3 heterocycles. The molecule has 41 heavy (non-hydrogen) atoms. The molecule has 0 radical (unpaired) electrons. The van der Waals surface area contributed by atoms with Crippen LogP contribution in [0.4, 0.5) is 0 Å². The van der Waals surface area contributed by atoms with Crippen molar-refractivity contribution in [1.29, 1.82) is 0 Å². The Hall–Kier alpha value is -4.83. The van der Waals surface area contributed by atoms with Crippen LogP contribution in [0.5, 0.6) is 23.0 Å². The maximum atomic E-state index is 14.1. The molecule has 2 aliphatic rings. The second-order valence-electron chi connectivity index (χ2n) is 9.15. The molecule has 1 aromatic heterocycles. The molecule has 2 aliphatic heterocycles. The fourth-order valence-corrected chi connectivity index (χ4v) is 5.92. The third-order valence-corrected chi connectivity index (χ3v) is 7.79. The predicted octanol–water partition coefficient (Wildman–Crippen LogP) is 3.68. The highest BCUT2D eigenvalue weighted by Crippen LogP contribution is 2.40. The van der Waals surface area contributed by atoms with Crippen LogP contribution < -0.4 is 33.8 Å². The van der Waals surface area contributed by atoms with Crippen molar-refractivity contribution in [3.05, 3.63) is 109 Å². The van der Waals surface area contributed by atoms with E-state index in [2.05, 4.69) is 0 Å². The van der Waals surface area contributed by atoms with E-state index in [9.17, 15) is 9.59 Å². The molecule has 1 atom stereocenters. The first-order valence-corrected chi connectivity index (χ1v) is 13.7. The van der Waals surface area contributed by atoms with Crippen LogP contribution in [0.2, 0.25) is 0 Å². The highest BCUT2D eigenvalue weighted by atomic mass is 32.1. The Labute approximate surface area is 239 Å². The van der Waals surface area contributed by atoms with Gasteiger partial charge < -0.3 is 23.7 Å². The average Bonchev–Trinajstić information content (AvgIpc) is 3.60. The van der Waals surface area contributed by atoms with Gasteiger partial charge in [-0.05, 0) is 48.9 Å². The number of benzene rings is 3. The number of fused-ring (bicyclic) bond motifs is 2. The number of ether oxygens (including phenoxy) is 5. The number of hydrogen-bond acceptors (Lipinski definition) is 9. The van der Waals surface area contributed by atoms with E-state index in [1.165, 1.54) is 11.3 Å². The van der Waals surface area contributed by atoms with Crippen molar-refractivity contribution in [2.45, 2.75) is 13.0 Å².